The molecule has 194 valence electrons. The van der Waals surface area contributed by atoms with Gasteiger partial charge in [-0.3, -0.25) is 4.79 Å². The van der Waals surface area contributed by atoms with Crippen molar-refractivity contribution in [3.8, 4) is 5.75 Å². The number of benzene rings is 2. The van der Waals surface area contributed by atoms with Gasteiger partial charge in [-0.15, -0.1) is 0 Å². The highest BCUT2D eigenvalue weighted by Crippen LogP contribution is 2.37. The number of carbonyl (C=O) groups is 2. The summed E-state index contributed by atoms with van der Waals surface area (Å²) in [5.74, 6) is 0.740. The second-order valence-corrected chi connectivity index (χ2v) is 10.7. The summed E-state index contributed by atoms with van der Waals surface area (Å²) in [4.78, 5) is 25.6. The highest BCUT2D eigenvalue weighted by atomic mass is 35.5. The first-order chi connectivity index (χ1) is 17.8. The van der Waals surface area contributed by atoms with Gasteiger partial charge in [0.2, 0.25) is 0 Å². The van der Waals surface area contributed by atoms with E-state index < -0.39 is 5.97 Å². The van der Waals surface area contributed by atoms with Gasteiger partial charge in [0.1, 0.15) is 23.9 Å². The van der Waals surface area contributed by atoms with Gasteiger partial charge < -0.3 is 19.1 Å². The molecule has 1 fully saturated rings. The number of hydrogen-bond donors (Lipinski definition) is 1. The number of Topliss-reactive ketones (excluding diaryl/α,β-unsaturated/α-hetero) is 1. The summed E-state index contributed by atoms with van der Waals surface area (Å²) in [5, 5.41) is 11.7. The Balaban J connectivity index is 1.39. The second kappa shape index (κ2) is 10.6. The average molecular weight is 522 g/mol. The molecule has 0 amide bonds. The van der Waals surface area contributed by atoms with Crippen molar-refractivity contribution in [3.05, 3.63) is 75.6 Å². The van der Waals surface area contributed by atoms with Crippen LogP contribution < -0.4 is 4.74 Å². The van der Waals surface area contributed by atoms with Gasteiger partial charge >= 0.3 is 5.97 Å². The Morgan fingerprint density at radius 3 is 2.68 bits per heavy atom. The highest BCUT2D eigenvalue weighted by Gasteiger charge is 2.33. The Hall–Kier alpha value is -3.25. The summed E-state index contributed by atoms with van der Waals surface area (Å²) >= 11 is 6.09. The molecule has 1 aromatic heterocycles. The molecule has 3 aromatic rings. The van der Waals surface area contributed by atoms with E-state index in [9.17, 15) is 14.7 Å². The monoisotopic (exact) mass is 521 g/mol. The smallest absolute Gasteiger partial charge is 0.338 e. The summed E-state index contributed by atoms with van der Waals surface area (Å²) in [6.07, 6.45) is 4.31. The number of aliphatic hydroxyl groups excluding tert-OH is 1. The molecule has 0 bridgehead atoms. The molecule has 2 unspecified atom stereocenters. The summed E-state index contributed by atoms with van der Waals surface area (Å²) < 4.78 is 12.7. The SMILES string of the molecule is COc1ccc2c(c1)c(CC(=O)C1CCCC(CC3=C(O)COC3=O)C1)c(C)n2Cc1ccc(Cl)cc1. The zero-order valence-electron chi connectivity index (χ0n) is 21.3. The maximum absolute atomic E-state index is 13.6. The number of rotatable bonds is 8. The lowest BCUT2D eigenvalue weighted by Gasteiger charge is -2.28. The van der Waals surface area contributed by atoms with Crippen LogP contribution in [0.2, 0.25) is 5.02 Å². The van der Waals surface area contributed by atoms with Crippen molar-refractivity contribution in [1.29, 1.82) is 0 Å². The molecule has 1 aliphatic carbocycles. The fraction of sp³-hybridized carbons (Fsp3) is 0.400. The van der Waals surface area contributed by atoms with E-state index in [-0.39, 0.29) is 30.0 Å². The summed E-state index contributed by atoms with van der Waals surface area (Å²) in [6, 6.07) is 13.9. The third kappa shape index (κ3) is 5.26. The zero-order valence-corrected chi connectivity index (χ0v) is 22.0. The first-order valence-corrected chi connectivity index (χ1v) is 13.2. The average Bonchev–Trinajstić information content (AvgIpc) is 3.35. The molecule has 7 heteroatoms. The number of fused-ring (bicyclic) bond motifs is 1. The van der Waals surface area contributed by atoms with Crippen LogP contribution in [-0.2, 0) is 27.3 Å². The molecule has 0 radical (unpaired) electrons. The number of cyclic esters (lactones) is 1. The molecule has 2 aliphatic rings. The van der Waals surface area contributed by atoms with Crippen LogP contribution in [0.5, 0.6) is 5.75 Å². The van der Waals surface area contributed by atoms with E-state index in [4.69, 9.17) is 21.1 Å². The quantitative estimate of drug-likeness (QED) is 0.350. The van der Waals surface area contributed by atoms with Gasteiger partial charge in [-0.2, -0.15) is 0 Å². The van der Waals surface area contributed by atoms with Crippen molar-refractivity contribution in [1.82, 2.24) is 4.57 Å². The van der Waals surface area contributed by atoms with E-state index in [0.717, 1.165) is 59.2 Å². The maximum atomic E-state index is 13.6. The van der Waals surface area contributed by atoms with Crippen LogP contribution in [0.1, 0.15) is 48.9 Å². The Morgan fingerprint density at radius 1 is 1.19 bits per heavy atom. The molecule has 0 spiro atoms. The molecular formula is C30H32ClNO5. The topological polar surface area (TPSA) is 77.8 Å². The minimum atomic E-state index is -0.427. The van der Waals surface area contributed by atoms with Crippen molar-refractivity contribution in [2.75, 3.05) is 13.7 Å². The van der Waals surface area contributed by atoms with Crippen molar-refractivity contribution in [2.45, 2.75) is 52.0 Å². The Bertz CT molecular complexity index is 1370. The van der Waals surface area contributed by atoms with Crippen LogP contribution in [-0.4, -0.2) is 35.1 Å². The van der Waals surface area contributed by atoms with Crippen molar-refractivity contribution < 1.29 is 24.2 Å². The standard InChI is InChI=1S/C30H32ClNO5/c1-18-24(15-28(33)21-5-3-4-20(12-21)13-26-29(34)17-37-30(26)35)25-14-23(36-2)10-11-27(25)32(18)16-19-6-8-22(31)9-7-19/h6-11,14,20-21,34H,3-5,12-13,15-17H2,1-2H3. The number of hydrogen-bond acceptors (Lipinski definition) is 5. The van der Waals surface area contributed by atoms with E-state index in [1.165, 1.54) is 0 Å². The van der Waals surface area contributed by atoms with Gasteiger partial charge in [-0.05, 0) is 73.6 Å². The fourth-order valence-corrected chi connectivity index (χ4v) is 5.99. The van der Waals surface area contributed by atoms with Crippen LogP contribution in [0.15, 0.2) is 53.8 Å². The first-order valence-electron chi connectivity index (χ1n) is 12.8. The third-order valence-electron chi connectivity index (χ3n) is 7.93. The lowest BCUT2D eigenvalue weighted by Crippen LogP contribution is -2.25. The second-order valence-electron chi connectivity index (χ2n) is 10.2. The number of esters is 1. The van der Waals surface area contributed by atoms with E-state index in [1.807, 2.05) is 36.4 Å². The molecule has 6 nitrogen and oxygen atoms in total. The van der Waals surface area contributed by atoms with E-state index in [0.29, 0.717) is 30.0 Å². The largest absolute Gasteiger partial charge is 0.508 e. The molecule has 37 heavy (non-hydrogen) atoms. The van der Waals surface area contributed by atoms with E-state index in [2.05, 4.69) is 17.6 Å². The summed E-state index contributed by atoms with van der Waals surface area (Å²) in [7, 11) is 1.65. The molecule has 1 N–H and O–H groups in total. The molecule has 1 aliphatic heterocycles. The van der Waals surface area contributed by atoms with Gasteiger partial charge in [0.05, 0.1) is 12.7 Å². The molecule has 1 saturated carbocycles. The Labute approximate surface area is 221 Å². The van der Waals surface area contributed by atoms with Crippen molar-refractivity contribution >= 4 is 34.3 Å². The number of carbonyl (C=O) groups excluding carboxylic acids is 2. The number of halogens is 1. The minimum Gasteiger partial charge on any atom is -0.508 e. The fourth-order valence-electron chi connectivity index (χ4n) is 5.86. The zero-order chi connectivity index (χ0) is 26.1. The number of ether oxygens (including phenoxy) is 2. The Morgan fingerprint density at radius 2 is 1.97 bits per heavy atom. The molecule has 5 rings (SSSR count). The van der Waals surface area contributed by atoms with Crippen LogP contribution >= 0.6 is 11.6 Å². The van der Waals surface area contributed by atoms with Crippen LogP contribution in [0.25, 0.3) is 10.9 Å². The first kappa shape index (κ1) is 25.4. The maximum Gasteiger partial charge on any atom is 0.338 e. The summed E-state index contributed by atoms with van der Waals surface area (Å²) in [6.45, 7) is 2.72. The number of nitrogens with zero attached hydrogens (tertiary/aromatic N) is 1. The van der Waals surface area contributed by atoms with Gasteiger partial charge in [0.15, 0.2) is 0 Å². The highest BCUT2D eigenvalue weighted by molar-refractivity contribution is 6.30. The van der Waals surface area contributed by atoms with Crippen LogP contribution in [0.3, 0.4) is 0 Å². The number of ketones is 1. The minimum absolute atomic E-state index is 0.0356. The predicted molar refractivity (Wildman–Crippen MR) is 143 cm³/mol. The molecule has 2 atom stereocenters. The van der Waals surface area contributed by atoms with Crippen LogP contribution in [0, 0.1) is 18.8 Å². The predicted octanol–water partition coefficient (Wildman–Crippen LogP) is 6.34. The number of aliphatic hydroxyl groups is 1. The lowest BCUT2D eigenvalue weighted by molar-refractivity contribution is -0.136. The number of aromatic nitrogens is 1. The molecule has 2 heterocycles. The molecule has 0 saturated heterocycles. The third-order valence-corrected chi connectivity index (χ3v) is 8.18. The Kier molecular flexibility index (Phi) is 7.29. The number of methoxy groups -OCH3 is 1. The van der Waals surface area contributed by atoms with E-state index >= 15 is 0 Å². The van der Waals surface area contributed by atoms with E-state index in [1.54, 1.807) is 7.11 Å². The van der Waals surface area contributed by atoms with Gasteiger partial charge in [0, 0.05) is 40.5 Å². The van der Waals surface area contributed by atoms with Crippen molar-refractivity contribution in [2.24, 2.45) is 11.8 Å². The molecular weight excluding hydrogens is 490 g/mol. The normalized spacial score (nSPS) is 19.9. The van der Waals surface area contributed by atoms with Gasteiger partial charge in [-0.1, -0.05) is 36.6 Å². The lowest BCUT2D eigenvalue weighted by atomic mass is 9.76. The molecule has 2 aromatic carbocycles. The van der Waals surface area contributed by atoms with Gasteiger partial charge in [-0.25, -0.2) is 4.79 Å². The van der Waals surface area contributed by atoms with Crippen molar-refractivity contribution in [3.63, 3.8) is 0 Å². The van der Waals surface area contributed by atoms with Crippen LogP contribution in [0.4, 0.5) is 0 Å². The van der Waals surface area contributed by atoms with Gasteiger partial charge in [0.25, 0.3) is 0 Å². The summed E-state index contributed by atoms with van der Waals surface area (Å²) in [5.41, 5.74) is 4.69.